The lowest BCUT2D eigenvalue weighted by Crippen LogP contribution is -2.11. The van der Waals surface area contributed by atoms with Gasteiger partial charge in [-0.3, -0.25) is 4.79 Å². The molecule has 0 saturated carbocycles. The second kappa shape index (κ2) is 6.46. The van der Waals surface area contributed by atoms with Crippen LogP contribution in [0.25, 0.3) is 21.3 Å². The molecule has 3 nitrogen and oxygen atoms in total. The Morgan fingerprint density at radius 3 is 2.58 bits per heavy atom. The lowest BCUT2D eigenvalue weighted by atomic mass is 10.0. The Bertz CT molecular complexity index is 1160. The molecule has 1 N–H and O–H groups in total. The molecule has 2 aromatic carbocycles. The van der Waals surface area contributed by atoms with E-state index in [4.69, 9.17) is 0 Å². The Balaban J connectivity index is 1.82. The zero-order valence-corrected chi connectivity index (χ0v) is 14.7. The van der Waals surface area contributed by atoms with Gasteiger partial charge in [0.25, 0.3) is 5.56 Å². The number of nitrogens with one attached hydrogen (secondary N) is 1. The molecule has 0 unspecified atom stereocenters. The number of fused-ring (bicyclic) bond motifs is 1. The average Bonchev–Trinajstić information content (AvgIpc) is 2.92. The molecule has 0 fully saturated rings. The minimum absolute atomic E-state index is 0.245. The molecule has 0 radical (unpaired) electrons. The fourth-order valence-corrected chi connectivity index (χ4v) is 4.12. The van der Waals surface area contributed by atoms with Crippen molar-refractivity contribution in [2.24, 2.45) is 0 Å². The summed E-state index contributed by atoms with van der Waals surface area (Å²) < 4.78 is 26.6. The molecule has 0 amide bonds. The number of halogens is 2. The molecule has 4 aromatic rings. The first-order valence-corrected chi connectivity index (χ1v) is 8.85. The molecule has 130 valence electrons. The highest BCUT2D eigenvalue weighted by molar-refractivity contribution is 7.19. The van der Waals surface area contributed by atoms with Gasteiger partial charge in [0.1, 0.15) is 22.3 Å². The highest BCUT2D eigenvalue weighted by Crippen LogP contribution is 2.35. The van der Waals surface area contributed by atoms with Crippen LogP contribution in [-0.4, -0.2) is 9.97 Å². The molecule has 0 bridgehead atoms. The van der Waals surface area contributed by atoms with E-state index < -0.39 is 0 Å². The van der Waals surface area contributed by atoms with Crippen molar-refractivity contribution in [3.05, 3.63) is 86.8 Å². The largest absolute Gasteiger partial charge is 0.310 e. The smallest absolute Gasteiger partial charge is 0.260 e. The van der Waals surface area contributed by atoms with Gasteiger partial charge in [0.05, 0.1) is 5.39 Å². The van der Waals surface area contributed by atoms with Crippen molar-refractivity contribution in [2.75, 3.05) is 0 Å². The van der Waals surface area contributed by atoms with Gasteiger partial charge >= 0.3 is 0 Å². The molecule has 0 spiro atoms. The number of hydrogen-bond acceptors (Lipinski definition) is 3. The van der Waals surface area contributed by atoms with Gasteiger partial charge in [-0.25, -0.2) is 13.8 Å². The summed E-state index contributed by atoms with van der Waals surface area (Å²) in [5.41, 5.74) is 2.04. The van der Waals surface area contributed by atoms with Crippen molar-refractivity contribution in [1.82, 2.24) is 9.97 Å². The van der Waals surface area contributed by atoms with Gasteiger partial charge < -0.3 is 4.98 Å². The van der Waals surface area contributed by atoms with Crippen molar-refractivity contribution >= 4 is 21.6 Å². The topological polar surface area (TPSA) is 45.8 Å². The zero-order chi connectivity index (χ0) is 18.3. The normalized spacial score (nSPS) is 11.2. The quantitative estimate of drug-likeness (QED) is 0.563. The van der Waals surface area contributed by atoms with E-state index in [9.17, 15) is 13.6 Å². The number of H-pyrrole nitrogens is 1. The molecule has 0 aliphatic rings. The predicted molar refractivity (Wildman–Crippen MR) is 99.6 cm³/mol. The Morgan fingerprint density at radius 1 is 1.08 bits per heavy atom. The first-order chi connectivity index (χ1) is 12.5. The summed E-state index contributed by atoms with van der Waals surface area (Å²) in [6.07, 6.45) is 0.339. The molecule has 0 atom stereocenters. The van der Waals surface area contributed by atoms with Crippen LogP contribution in [0, 0.1) is 18.6 Å². The van der Waals surface area contributed by atoms with Crippen molar-refractivity contribution in [2.45, 2.75) is 13.3 Å². The van der Waals surface area contributed by atoms with Crippen molar-refractivity contribution in [1.29, 1.82) is 0 Å². The van der Waals surface area contributed by atoms with E-state index in [-0.39, 0.29) is 17.2 Å². The molecule has 2 aromatic heterocycles. The van der Waals surface area contributed by atoms with Crippen LogP contribution in [0.2, 0.25) is 0 Å². The number of hydrogen-bond donors (Lipinski definition) is 1. The summed E-state index contributed by atoms with van der Waals surface area (Å²) in [6.45, 7) is 1.91. The number of aromatic amines is 1. The molecular formula is C20H14F2N2OS. The predicted octanol–water partition coefficient (Wildman–Crippen LogP) is 4.83. The van der Waals surface area contributed by atoms with Crippen LogP contribution in [0.1, 0.15) is 16.3 Å². The van der Waals surface area contributed by atoms with Crippen LogP contribution in [0.5, 0.6) is 0 Å². The molecule has 0 aliphatic heterocycles. The monoisotopic (exact) mass is 368 g/mol. The Morgan fingerprint density at radius 2 is 1.85 bits per heavy atom. The van der Waals surface area contributed by atoms with E-state index in [1.165, 1.54) is 35.6 Å². The van der Waals surface area contributed by atoms with Crippen molar-refractivity contribution in [3.63, 3.8) is 0 Å². The van der Waals surface area contributed by atoms with Crippen molar-refractivity contribution in [3.8, 4) is 11.1 Å². The van der Waals surface area contributed by atoms with Crippen molar-refractivity contribution < 1.29 is 8.78 Å². The summed E-state index contributed by atoms with van der Waals surface area (Å²) in [5, 5.41) is 0.502. The van der Waals surface area contributed by atoms with Crippen LogP contribution in [0.4, 0.5) is 8.78 Å². The van der Waals surface area contributed by atoms with Gasteiger partial charge in [0, 0.05) is 16.9 Å². The Kier molecular flexibility index (Phi) is 4.12. The summed E-state index contributed by atoms with van der Waals surface area (Å²) in [5.74, 6) is -0.160. The maximum absolute atomic E-state index is 13.4. The highest BCUT2D eigenvalue weighted by Gasteiger charge is 2.17. The molecule has 6 heteroatoms. The second-order valence-corrected chi connectivity index (χ2v) is 7.24. The SMILES string of the molecule is Cc1sc2nc(Cc3cccc(F)c3)[nH]c(=O)c2c1-c1ccc(F)cc1. The first kappa shape index (κ1) is 16.6. The average molecular weight is 368 g/mol. The summed E-state index contributed by atoms with van der Waals surface area (Å²) >= 11 is 1.42. The van der Waals surface area contributed by atoms with E-state index in [2.05, 4.69) is 9.97 Å². The van der Waals surface area contributed by atoms with E-state index in [0.717, 1.165) is 21.6 Å². The molecule has 0 saturated heterocycles. The summed E-state index contributed by atoms with van der Waals surface area (Å²) in [4.78, 5) is 21.6. The highest BCUT2D eigenvalue weighted by atomic mass is 32.1. The molecule has 4 rings (SSSR count). The number of aryl methyl sites for hydroxylation is 1. The minimum atomic E-state index is -0.324. The third-order valence-electron chi connectivity index (χ3n) is 4.18. The van der Waals surface area contributed by atoms with Crippen LogP contribution >= 0.6 is 11.3 Å². The van der Waals surface area contributed by atoms with Gasteiger partial charge in [-0.2, -0.15) is 0 Å². The summed E-state index contributed by atoms with van der Waals surface area (Å²) in [6, 6.07) is 12.3. The Labute approximate surface area is 152 Å². The van der Waals surface area contributed by atoms with Crippen LogP contribution in [-0.2, 0) is 6.42 Å². The van der Waals surface area contributed by atoms with E-state index in [1.807, 2.05) is 6.92 Å². The third-order valence-corrected chi connectivity index (χ3v) is 5.18. The number of benzene rings is 2. The van der Waals surface area contributed by atoms with Crippen LogP contribution in [0.3, 0.4) is 0 Å². The van der Waals surface area contributed by atoms with Crippen LogP contribution < -0.4 is 5.56 Å². The van der Waals surface area contributed by atoms with E-state index in [1.54, 1.807) is 24.3 Å². The maximum Gasteiger partial charge on any atom is 0.260 e. The van der Waals surface area contributed by atoms with Gasteiger partial charge in [0.2, 0.25) is 0 Å². The standard InChI is InChI=1S/C20H14F2N2OS/c1-11-17(13-5-7-14(21)8-6-13)18-19(25)23-16(24-20(18)26-11)10-12-3-2-4-15(22)9-12/h2-9H,10H2,1H3,(H,23,24,25). The number of aromatic nitrogens is 2. The van der Waals surface area contributed by atoms with Gasteiger partial charge in [-0.05, 0) is 42.3 Å². The van der Waals surface area contributed by atoms with E-state index in [0.29, 0.717) is 22.5 Å². The number of rotatable bonds is 3. The zero-order valence-electron chi connectivity index (χ0n) is 13.8. The fourth-order valence-electron chi connectivity index (χ4n) is 3.05. The molecule has 2 heterocycles. The van der Waals surface area contributed by atoms with Gasteiger partial charge in [-0.15, -0.1) is 11.3 Å². The third kappa shape index (κ3) is 3.04. The van der Waals surface area contributed by atoms with E-state index >= 15 is 0 Å². The minimum Gasteiger partial charge on any atom is -0.310 e. The Hall–Kier alpha value is -2.86. The lowest BCUT2D eigenvalue weighted by molar-refractivity contribution is 0.625. The second-order valence-electron chi connectivity index (χ2n) is 6.04. The lowest BCUT2D eigenvalue weighted by Gasteiger charge is -2.04. The number of thiophene rings is 1. The molecule has 26 heavy (non-hydrogen) atoms. The number of nitrogens with zero attached hydrogens (tertiary/aromatic N) is 1. The molecule has 0 aliphatic carbocycles. The first-order valence-electron chi connectivity index (χ1n) is 8.04. The van der Waals surface area contributed by atoms with Gasteiger partial charge in [-0.1, -0.05) is 24.3 Å². The summed E-state index contributed by atoms with van der Waals surface area (Å²) in [7, 11) is 0. The van der Waals surface area contributed by atoms with Gasteiger partial charge in [0.15, 0.2) is 0 Å². The molecular weight excluding hydrogens is 354 g/mol. The van der Waals surface area contributed by atoms with Crippen LogP contribution in [0.15, 0.2) is 53.3 Å². The maximum atomic E-state index is 13.4. The fraction of sp³-hybridized carbons (Fsp3) is 0.100.